The molecule has 0 radical (unpaired) electrons. The quantitative estimate of drug-likeness (QED) is 0.288. The topological polar surface area (TPSA) is 67.2 Å². The minimum absolute atomic E-state index is 0.0387. The van der Waals surface area contributed by atoms with Gasteiger partial charge in [-0.15, -0.1) is 0 Å². The van der Waals surface area contributed by atoms with Crippen LogP contribution in [-0.2, 0) is 11.3 Å². The fourth-order valence-electron chi connectivity index (χ4n) is 4.09. The van der Waals surface area contributed by atoms with E-state index >= 15 is 0 Å². The highest BCUT2D eigenvalue weighted by Gasteiger charge is 2.15. The van der Waals surface area contributed by atoms with Crippen molar-refractivity contribution in [2.45, 2.75) is 51.2 Å². The summed E-state index contributed by atoms with van der Waals surface area (Å²) in [6.45, 7) is 10.5. The number of hydrogen-bond acceptors (Lipinski definition) is 5. The van der Waals surface area contributed by atoms with Gasteiger partial charge in [0.2, 0.25) is 5.91 Å². The third kappa shape index (κ3) is 6.93. The molecule has 182 valence electrons. The fourth-order valence-corrected chi connectivity index (χ4v) is 4.94. The van der Waals surface area contributed by atoms with Gasteiger partial charge in [-0.3, -0.25) is 14.2 Å². The minimum Gasteiger partial charge on any atom is -0.355 e. The van der Waals surface area contributed by atoms with E-state index in [0.717, 1.165) is 32.5 Å². The SMILES string of the molecule is CCC(CNC(=O)CSc1nc2ccccc2c(=O)n1CCCN(CC)CC)c1ccccc1. The monoisotopic (exact) mass is 480 g/mol. The van der Waals surface area contributed by atoms with Crippen LogP contribution >= 0.6 is 11.8 Å². The molecule has 1 unspecified atom stereocenters. The van der Waals surface area contributed by atoms with E-state index in [1.807, 2.05) is 42.5 Å². The molecule has 1 amide bonds. The van der Waals surface area contributed by atoms with Crippen LogP contribution in [0.5, 0.6) is 0 Å². The number of carbonyl (C=O) groups excluding carboxylic acids is 1. The molecule has 0 spiro atoms. The van der Waals surface area contributed by atoms with E-state index in [1.54, 1.807) is 4.57 Å². The number of fused-ring (bicyclic) bond motifs is 1. The van der Waals surface area contributed by atoms with Crippen LogP contribution in [0.3, 0.4) is 0 Å². The molecule has 0 saturated heterocycles. The van der Waals surface area contributed by atoms with Crippen LogP contribution in [0.1, 0.15) is 45.1 Å². The Bertz CT molecular complexity index is 1110. The van der Waals surface area contributed by atoms with Crippen molar-refractivity contribution in [2.75, 3.05) is 31.9 Å². The van der Waals surface area contributed by atoms with Crippen molar-refractivity contribution in [3.8, 4) is 0 Å². The van der Waals surface area contributed by atoms with Gasteiger partial charge < -0.3 is 10.2 Å². The van der Waals surface area contributed by atoms with Crippen molar-refractivity contribution in [1.29, 1.82) is 0 Å². The molecule has 0 aliphatic rings. The average Bonchev–Trinajstić information content (AvgIpc) is 2.87. The van der Waals surface area contributed by atoms with Gasteiger partial charge in [0.1, 0.15) is 0 Å². The lowest BCUT2D eigenvalue weighted by atomic mass is 9.96. The summed E-state index contributed by atoms with van der Waals surface area (Å²) >= 11 is 1.34. The maximum Gasteiger partial charge on any atom is 0.262 e. The summed E-state index contributed by atoms with van der Waals surface area (Å²) in [7, 11) is 0. The molecule has 3 rings (SSSR count). The zero-order chi connectivity index (χ0) is 24.3. The second kappa shape index (κ2) is 13.3. The largest absolute Gasteiger partial charge is 0.355 e. The van der Waals surface area contributed by atoms with E-state index in [4.69, 9.17) is 4.98 Å². The number of nitrogens with one attached hydrogen (secondary N) is 1. The second-order valence-corrected chi connectivity index (χ2v) is 9.30. The summed E-state index contributed by atoms with van der Waals surface area (Å²) in [5.74, 6) is 0.468. The van der Waals surface area contributed by atoms with Crippen molar-refractivity contribution in [1.82, 2.24) is 19.8 Å². The molecule has 1 heterocycles. The van der Waals surface area contributed by atoms with Crippen molar-refractivity contribution in [2.24, 2.45) is 0 Å². The van der Waals surface area contributed by atoms with Crippen LogP contribution in [0.4, 0.5) is 0 Å². The highest BCUT2D eigenvalue weighted by atomic mass is 32.2. The molecule has 34 heavy (non-hydrogen) atoms. The van der Waals surface area contributed by atoms with Crippen molar-refractivity contribution >= 4 is 28.6 Å². The summed E-state index contributed by atoms with van der Waals surface area (Å²) in [6, 6.07) is 17.7. The minimum atomic E-state index is -0.0449. The number of nitrogens with zero attached hydrogens (tertiary/aromatic N) is 3. The summed E-state index contributed by atoms with van der Waals surface area (Å²) in [4.78, 5) is 33.0. The Labute approximate surface area is 206 Å². The lowest BCUT2D eigenvalue weighted by Gasteiger charge is -2.19. The molecule has 0 aliphatic carbocycles. The number of para-hydroxylation sites is 1. The first kappa shape index (κ1) is 26.0. The normalized spacial score (nSPS) is 12.2. The molecule has 7 heteroatoms. The van der Waals surface area contributed by atoms with E-state index in [2.05, 4.69) is 43.1 Å². The molecule has 0 bridgehead atoms. The Morgan fingerprint density at radius 2 is 1.76 bits per heavy atom. The first-order chi connectivity index (χ1) is 16.6. The van der Waals surface area contributed by atoms with Gasteiger partial charge in [0.05, 0.1) is 16.7 Å². The molecule has 3 aromatic rings. The molecule has 6 nitrogen and oxygen atoms in total. The zero-order valence-electron chi connectivity index (χ0n) is 20.5. The lowest BCUT2D eigenvalue weighted by molar-refractivity contribution is -0.118. The number of thioether (sulfide) groups is 1. The Hall–Kier alpha value is -2.64. The Morgan fingerprint density at radius 1 is 1.06 bits per heavy atom. The summed E-state index contributed by atoms with van der Waals surface area (Å²) in [5.41, 5.74) is 1.87. The van der Waals surface area contributed by atoms with Gasteiger partial charge >= 0.3 is 0 Å². The summed E-state index contributed by atoms with van der Waals surface area (Å²) < 4.78 is 1.74. The van der Waals surface area contributed by atoms with E-state index < -0.39 is 0 Å². The standard InChI is InChI=1S/C27H36N4O2S/c1-4-21(22-13-8-7-9-14-22)19-28-25(32)20-34-27-29-24-16-11-10-15-23(24)26(33)31(27)18-12-17-30(5-2)6-3/h7-11,13-16,21H,4-6,12,17-20H2,1-3H3,(H,28,32). The van der Waals surface area contributed by atoms with Crippen molar-refractivity contribution in [3.05, 3.63) is 70.5 Å². The Balaban J connectivity index is 1.68. The van der Waals surface area contributed by atoms with Crippen LogP contribution in [0.25, 0.3) is 10.9 Å². The molecule has 0 saturated carbocycles. The highest BCUT2D eigenvalue weighted by molar-refractivity contribution is 7.99. The number of aromatic nitrogens is 2. The number of rotatable bonds is 13. The van der Waals surface area contributed by atoms with Gasteiger partial charge in [0, 0.05) is 19.0 Å². The summed E-state index contributed by atoms with van der Waals surface area (Å²) in [5, 5.41) is 4.29. The molecule has 0 fully saturated rings. The first-order valence-corrected chi connectivity index (χ1v) is 13.2. The molecule has 2 aromatic carbocycles. The van der Waals surface area contributed by atoms with Crippen LogP contribution in [0.15, 0.2) is 64.5 Å². The second-order valence-electron chi connectivity index (χ2n) is 8.36. The van der Waals surface area contributed by atoms with Gasteiger partial charge in [0.25, 0.3) is 5.56 Å². The first-order valence-electron chi connectivity index (χ1n) is 12.2. The van der Waals surface area contributed by atoms with E-state index in [1.165, 1.54) is 17.3 Å². The third-order valence-electron chi connectivity index (χ3n) is 6.22. The number of hydrogen-bond donors (Lipinski definition) is 1. The van der Waals surface area contributed by atoms with E-state index in [-0.39, 0.29) is 23.1 Å². The fraction of sp³-hybridized carbons (Fsp3) is 0.444. The molecular weight excluding hydrogens is 444 g/mol. The van der Waals surface area contributed by atoms with Crippen LogP contribution in [0, 0.1) is 0 Å². The van der Waals surface area contributed by atoms with Crippen LogP contribution < -0.4 is 10.9 Å². The Morgan fingerprint density at radius 3 is 2.47 bits per heavy atom. The maximum absolute atomic E-state index is 13.2. The van der Waals surface area contributed by atoms with Crippen molar-refractivity contribution < 1.29 is 4.79 Å². The molecule has 1 N–H and O–H groups in total. The van der Waals surface area contributed by atoms with Crippen molar-refractivity contribution in [3.63, 3.8) is 0 Å². The third-order valence-corrected chi connectivity index (χ3v) is 7.20. The average molecular weight is 481 g/mol. The van der Waals surface area contributed by atoms with Gasteiger partial charge in [-0.1, -0.05) is 75.0 Å². The van der Waals surface area contributed by atoms with Gasteiger partial charge in [0.15, 0.2) is 5.16 Å². The van der Waals surface area contributed by atoms with E-state index in [0.29, 0.717) is 29.1 Å². The zero-order valence-corrected chi connectivity index (χ0v) is 21.3. The number of benzene rings is 2. The lowest BCUT2D eigenvalue weighted by Crippen LogP contribution is -2.31. The Kier molecular flexibility index (Phi) is 10.2. The van der Waals surface area contributed by atoms with Crippen LogP contribution in [-0.4, -0.2) is 52.3 Å². The van der Waals surface area contributed by atoms with Gasteiger partial charge in [-0.2, -0.15) is 0 Å². The van der Waals surface area contributed by atoms with Crippen LogP contribution in [0.2, 0.25) is 0 Å². The number of amides is 1. The molecular formula is C27H36N4O2S. The van der Waals surface area contributed by atoms with Gasteiger partial charge in [-0.05, 0) is 50.2 Å². The number of carbonyl (C=O) groups is 1. The maximum atomic E-state index is 13.2. The summed E-state index contributed by atoms with van der Waals surface area (Å²) in [6.07, 6.45) is 1.81. The van der Waals surface area contributed by atoms with E-state index in [9.17, 15) is 9.59 Å². The van der Waals surface area contributed by atoms with Gasteiger partial charge in [-0.25, -0.2) is 4.98 Å². The molecule has 1 aromatic heterocycles. The smallest absolute Gasteiger partial charge is 0.262 e. The predicted octanol–water partition coefficient (Wildman–Crippen LogP) is 4.53. The molecule has 0 aliphatic heterocycles. The highest BCUT2D eigenvalue weighted by Crippen LogP contribution is 2.20. The predicted molar refractivity (Wildman–Crippen MR) is 142 cm³/mol. The molecule has 1 atom stereocenters.